The highest BCUT2D eigenvalue weighted by atomic mass is 19.4. The molecule has 0 spiro atoms. The summed E-state index contributed by atoms with van der Waals surface area (Å²) in [5.41, 5.74) is -0.557. The Kier molecular flexibility index (Phi) is 7.57. The molecule has 1 aromatic rings. The summed E-state index contributed by atoms with van der Waals surface area (Å²) < 4.78 is 225. The predicted molar refractivity (Wildman–Crippen MR) is 81.4 cm³/mol. The van der Waals surface area contributed by atoms with E-state index >= 15 is 0 Å². The van der Waals surface area contributed by atoms with Crippen LogP contribution in [0.25, 0.3) is 0 Å². The Morgan fingerprint density at radius 2 is 0.971 bits per heavy atom. The van der Waals surface area contributed by atoms with E-state index in [9.17, 15) is 79.7 Å². The van der Waals surface area contributed by atoms with Gasteiger partial charge in [-0.2, -0.15) is 74.6 Å². The smallest absolute Gasteiger partial charge is 0.388 e. The molecule has 0 aliphatic rings. The lowest BCUT2D eigenvalue weighted by atomic mass is 9.87. The first-order valence-corrected chi connectivity index (χ1v) is 8.59. The monoisotopic (exact) mass is 554 g/mol. The molecule has 0 aliphatic heterocycles. The molecule has 1 nitrogen and oxygen atoms in total. The van der Waals surface area contributed by atoms with Crippen LogP contribution < -0.4 is 0 Å². The van der Waals surface area contributed by atoms with Gasteiger partial charge in [0.05, 0.1) is 6.10 Å². The van der Waals surface area contributed by atoms with Gasteiger partial charge >= 0.3 is 47.6 Å². The molecule has 1 N–H and O–H groups in total. The lowest BCUT2D eigenvalue weighted by Crippen LogP contribution is -2.74. The van der Waals surface area contributed by atoms with Crippen LogP contribution in [-0.4, -0.2) is 52.7 Å². The maximum Gasteiger partial charge on any atom is 0.460 e. The molecular weight excluding hydrogens is 543 g/mol. The van der Waals surface area contributed by atoms with Crippen molar-refractivity contribution in [2.24, 2.45) is 0 Å². The van der Waals surface area contributed by atoms with Gasteiger partial charge in [0.1, 0.15) is 0 Å². The first kappa shape index (κ1) is 31.0. The summed E-state index contributed by atoms with van der Waals surface area (Å²) in [5.74, 6) is -56.8. The molecule has 0 bridgehead atoms. The number of alkyl halides is 17. The highest BCUT2D eigenvalue weighted by Crippen LogP contribution is 2.64. The normalized spacial score (nSPS) is 16.4. The Hall–Kier alpha value is -2.01. The van der Waals surface area contributed by atoms with Crippen molar-refractivity contribution in [1.29, 1.82) is 0 Å². The minimum Gasteiger partial charge on any atom is -0.388 e. The Morgan fingerprint density at radius 3 is 1.34 bits per heavy atom. The Balaban J connectivity index is 3.54. The predicted octanol–water partition coefficient (Wildman–Crippen LogP) is 7.43. The molecule has 1 aromatic carbocycles. The third-order valence-electron chi connectivity index (χ3n) is 4.66. The Bertz CT molecular complexity index is 902. The van der Waals surface area contributed by atoms with Crippen molar-refractivity contribution in [3.63, 3.8) is 0 Å². The molecule has 18 heteroatoms. The van der Waals surface area contributed by atoms with E-state index < -0.39 is 65.7 Å². The van der Waals surface area contributed by atoms with Crippen LogP contribution in [0.1, 0.15) is 23.7 Å². The minimum absolute atomic E-state index is 0.154. The number of hydrogen-bond donors (Lipinski definition) is 1. The van der Waals surface area contributed by atoms with E-state index in [0.29, 0.717) is 0 Å². The number of halogens is 17. The van der Waals surface area contributed by atoms with Crippen molar-refractivity contribution in [3.8, 4) is 0 Å². The Morgan fingerprint density at radius 1 is 0.600 bits per heavy atom. The van der Waals surface area contributed by atoms with E-state index in [-0.39, 0.29) is 5.56 Å². The van der Waals surface area contributed by atoms with E-state index in [1.165, 1.54) is 13.0 Å². The van der Waals surface area contributed by atoms with Crippen LogP contribution in [0.15, 0.2) is 24.3 Å². The zero-order valence-electron chi connectivity index (χ0n) is 16.5. The topological polar surface area (TPSA) is 20.2 Å². The number of aliphatic hydroxyl groups excluding tert-OH is 1. The van der Waals surface area contributed by atoms with Crippen molar-refractivity contribution < 1.29 is 79.7 Å². The van der Waals surface area contributed by atoms with Crippen molar-refractivity contribution in [2.45, 2.75) is 67.1 Å². The number of hydrogen-bond acceptors (Lipinski definition) is 1. The van der Waals surface area contributed by atoms with Gasteiger partial charge in [-0.15, -0.1) is 0 Å². The maximum absolute atomic E-state index is 13.9. The number of benzene rings is 1. The molecule has 0 fully saturated rings. The average molecular weight is 554 g/mol. The third-order valence-corrected chi connectivity index (χ3v) is 4.66. The molecule has 0 heterocycles. The zero-order chi connectivity index (χ0) is 28.3. The van der Waals surface area contributed by atoms with Crippen LogP contribution in [0.3, 0.4) is 0 Å². The first-order valence-electron chi connectivity index (χ1n) is 8.59. The van der Waals surface area contributed by atoms with Crippen LogP contribution in [0, 0.1) is 6.92 Å². The quantitative estimate of drug-likeness (QED) is 0.315. The molecule has 0 amide bonds. The summed E-state index contributed by atoms with van der Waals surface area (Å²) in [7, 11) is 0. The SMILES string of the molecule is Cc1cccc(C(O)CC(F)(F)C(F)(F)C(F)(F)C(F)(F)C(F)(F)C(F)(F)C(F)(F)C(F)(F)F)c1. The molecule has 204 valence electrons. The summed E-state index contributed by atoms with van der Waals surface area (Å²) in [6.07, 6.45) is -13.6. The van der Waals surface area contributed by atoms with E-state index in [1.807, 2.05) is 0 Å². The molecule has 0 saturated carbocycles. The summed E-state index contributed by atoms with van der Waals surface area (Å²) >= 11 is 0. The van der Waals surface area contributed by atoms with Crippen molar-refractivity contribution in [3.05, 3.63) is 35.4 Å². The lowest BCUT2D eigenvalue weighted by Gasteiger charge is -2.43. The first-order chi connectivity index (χ1) is 15.1. The van der Waals surface area contributed by atoms with Crippen LogP contribution in [0.4, 0.5) is 74.6 Å². The molecule has 0 aliphatic carbocycles. The standard InChI is InChI=1S/C17H11F17O/c1-7-3-2-4-8(5-7)9(35)6-10(18,19)11(20,21)12(22,23)13(24,25)14(26,27)15(28,29)16(30,31)17(32,33)34/h2-5,9,35H,6H2,1H3. The van der Waals surface area contributed by atoms with Gasteiger partial charge in [-0.3, -0.25) is 0 Å². The lowest BCUT2D eigenvalue weighted by molar-refractivity contribution is -0.462. The van der Waals surface area contributed by atoms with E-state index in [4.69, 9.17) is 0 Å². The molecule has 0 aromatic heterocycles. The molecular formula is C17H11F17O. The van der Waals surface area contributed by atoms with Crippen LogP contribution in [0.5, 0.6) is 0 Å². The van der Waals surface area contributed by atoms with Crippen LogP contribution in [-0.2, 0) is 0 Å². The van der Waals surface area contributed by atoms with E-state index in [0.717, 1.165) is 18.2 Å². The molecule has 1 unspecified atom stereocenters. The zero-order valence-corrected chi connectivity index (χ0v) is 16.5. The second kappa shape index (κ2) is 8.54. The molecule has 1 atom stereocenters. The summed E-state index contributed by atoms with van der Waals surface area (Å²) in [4.78, 5) is 0. The van der Waals surface area contributed by atoms with E-state index in [2.05, 4.69) is 0 Å². The molecule has 0 radical (unpaired) electrons. The van der Waals surface area contributed by atoms with Crippen molar-refractivity contribution >= 4 is 0 Å². The van der Waals surface area contributed by atoms with Crippen molar-refractivity contribution in [2.75, 3.05) is 0 Å². The van der Waals surface area contributed by atoms with Gasteiger partial charge in [-0.05, 0) is 12.5 Å². The van der Waals surface area contributed by atoms with Crippen LogP contribution >= 0.6 is 0 Å². The highest BCUT2D eigenvalue weighted by molar-refractivity contribution is 5.25. The molecule has 1 rings (SSSR count). The van der Waals surface area contributed by atoms with Gasteiger partial charge in [0.2, 0.25) is 0 Å². The fourth-order valence-electron chi connectivity index (χ4n) is 2.56. The summed E-state index contributed by atoms with van der Waals surface area (Å²) in [5, 5.41) is 9.56. The van der Waals surface area contributed by atoms with Crippen molar-refractivity contribution in [1.82, 2.24) is 0 Å². The Labute approximate surface area is 183 Å². The second-order valence-electron chi connectivity index (χ2n) is 7.28. The average Bonchev–Trinajstić information content (AvgIpc) is 2.65. The minimum atomic E-state index is -8.67. The second-order valence-corrected chi connectivity index (χ2v) is 7.28. The highest BCUT2D eigenvalue weighted by Gasteiger charge is 2.95. The number of rotatable bonds is 9. The van der Waals surface area contributed by atoms with Gasteiger partial charge < -0.3 is 5.11 Å². The third kappa shape index (κ3) is 4.50. The number of aryl methyl sites for hydroxylation is 1. The molecule has 0 saturated heterocycles. The van der Waals surface area contributed by atoms with Gasteiger partial charge in [0, 0.05) is 6.42 Å². The van der Waals surface area contributed by atoms with Gasteiger partial charge in [-0.25, -0.2) is 0 Å². The number of aliphatic hydroxyl groups is 1. The van der Waals surface area contributed by atoms with E-state index in [1.54, 1.807) is 0 Å². The largest absolute Gasteiger partial charge is 0.460 e. The summed E-state index contributed by atoms with van der Waals surface area (Å²) in [6.45, 7) is 1.25. The van der Waals surface area contributed by atoms with Gasteiger partial charge in [0.15, 0.2) is 0 Å². The fourth-order valence-corrected chi connectivity index (χ4v) is 2.56. The van der Waals surface area contributed by atoms with Gasteiger partial charge in [0.25, 0.3) is 0 Å². The molecule has 35 heavy (non-hydrogen) atoms. The summed E-state index contributed by atoms with van der Waals surface area (Å²) in [6, 6.07) is 3.80. The van der Waals surface area contributed by atoms with Gasteiger partial charge in [-0.1, -0.05) is 29.8 Å². The maximum atomic E-state index is 13.9. The fraction of sp³-hybridized carbons (Fsp3) is 0.647. The van der Waals surface area contributed by atoms with Crippen LogP contribution in [0.2, 0.25) is 0 Å².